The van der Waals surface area contributed by atoms with Crippen molar-refractivity contribution < 1.29 is 22.7 Å². The molecule has 0 unspecified atom stereocenters. The van der Waals surface area contributed by atoms with Crippen LogP contribution in [0.2, 0.25) is 0 Å². The number of anilines is 1. The van der Waals surface area contributed by atoms with Crippen LogP contribution in [0.15, 0.2) is 65.2 Å². The van der Waals surface area contributed by atoms with Crippen LogP contribution in [0.3, 0.4) is 0 Å². The molecule has 0 amide bonds. The first-order valence-electron chi connectivity index (χ1n) is 10.3. The molecule has 0 N–H and O–H groups in total. The minimum absolute atomic E-state index is 0.0667. The topological polar surface area (TPSA) is 41.9 Å². The minimum atomic E-state index is -0.969. The number of allylic oxidation sites excluding steroid dienone is 1. The molecule has 4 rings (SSSR count). The third-order valence-corrected chi connectivity index (χ3v) is 5.24. The molecule has 0 saturated heterocycles. The van der Waals surface area contributed by atoms with E-state index in [4.69, 9.17) is 4.74 Å². The lowest BCUT2D eigenvalue weighted by atomic mass is 10.0. The molecule has 1 aliphatic heterocycles. The van der Waals surface area contributed by atoms with Crippen LogP contribution in [-0.2, 0) is 6.54 Å². The molecule has 0 spiro atoms. The molecule has 1 heterocycles. The fraction of sp³-hybridized carbons (Fsp3) is 0.154. The molecule has 0 radical (unpaired) electrons. The van der Waals surface area contributed by atoms with E-state index in [9.17, 15) is 18.0 Å². The number of hydrogen-bond donors (Lipinski definition) is 0. The molecule has 0 saturated carbocycles. The van der Waals surface area contributed by atoms with Gasteiger partial charge in [0.05, 0.1) is 24.3 Å². The Labute approximate surface area is 189 Å². The number of ketones is 1. The standard InChI is InChI=1S/C26H21F3N2O2/c1-15(2)26-21-12-20(33-19-6-4-5-17(9-19)16(3)32)7-8-25(21)31(14-30-26)13-22-23(28)10-18(27)11-24(22)29/h4-12,14H,13H2,1-3H3. The number of benzene rings is 3. The molecule has 0 aromatic heterocycles. The lowest BCUT2D eigenvalue weighted by molar-refractivity contribution is 0.101. The van der Waals surface area contributed by atoms with Gasteiger partial charge in [0.2, 0.25) is 0 Å². The Morgan fingerprint density at radius 1 is 0.939 bits per heavy atom. The SMILES string of the molecule is CC(=O)c1cccc(Oc2ccc3c(c2)C(=C(C)C)N=CN3Cc2c(F)cc(F)cc2F)c1. The average molecular weight is 450 g/mol. The number of halogens is 3. The molecule has 0 atom stereocenters. The molecular formula is C26H21F3N2O2. The van der Waals surface area contributed by atoms with E-state index >= 15 is 0 Å². The van der Waals surface area contributed by atoms with E-state index in [0.29, 0.717) is 40.6 Å². The average Bonchev–Trinajstić information content (AvgIpc) is 2.76. The largest absolute Gasteiger partial charge is 0.457 e. The Kier molecular flexibility index (Phi) is 6.05. The highest BCUT2D eigenvalue weighted by Gasteiger charge is 2.22. The summed E-state index contributed by atoms with van der Waals surface area (Å²) in [6, 6.07) is 13.5. The Bertz CT molecular complexity index is 1290. The van der Waals surface area contributed by atoms with Crippen LogP contribution in [0, 0.1) is 17.5 Å². The normalized spacial score (nSPS) is 12.5. The molecule has 0 fully saturated rings. The number of nitrogens with zero attached hydrogens (tertiary/aromatic N) is 2. The molecule has 0 bridgehead atoms. The highest BCUT2D eigenvalue weighted by Crippen LogP contribution is 2.38. The number of ether oxygens (including phenoxy) is 1. The van der Waals surface area contributed by atoms with Gasteiger partial charge in [-0.2, -0.15) is 0 Å². The second-order valence-electron chi connectivity index (χ2n) is 7.93. The van der Waals surface area contributed by atoms with Gasteiger partial charge in [-0.1, -0.05) is 12.1 Å². The number of carbonyl (C=O) groups is 1. The van der Waals surface area contributed by atoms with Crippen molar-refractivity contribution in [1.82, 2.24) is 0 Å². The van der Waals surface area contributed by atoms with Gasteiger partial charge in [-0.25, -0.2) is 18.2 Å². The second-order valence-corrected chi connectivity index (χ2v) is 7.93. The molecule has 0 aliphatic carbocycles. The molecule has 4 nitrogen and oxygen atoms in total. The van der Waals surface area contributed by atoms with E-state index in [2.05, 4.69) is 4.99 Å². The Hall–Kier alpha value is -3.87. The molecule has 33 heavy (non-hydrogen) atoms. The lowest BCUT2D eigenvalue weighted by Gasteiger charge is -2.28. The van der Waals surface area contributed by atoms with Gasteiger partial charge in [-0.15, -0.1) is 0 Å². The first-order chi connectivity index (χ1) is 15.7. The van der Waals surface area contributed by atoms with Gasteiger partial charge in [0, 0.05) is 28.8 Å². The molecule has 168 valence electrons. The first-order valence-corrected chi connectivity index (χ1v) is 10.3. The molecular weight excluding hydrogens is 429 g/mol. The van der Waals surface area contributed by atoms with E-state index in [1.165, 1.54) is 13.3 Å². The van der Waals surface area contributed by atoms with E-state index in [-0.39, 0.29) is 17.9 Å². The maximum absolute atomic E-state index is 14.2. The zero-order valence-electron chi connectivity index (χ0n) is 18.3. The van der Waals surface area contributed by atoms with Crippen LogP contribution in [0.25, 0.3) is 5.70 Å². The van der Waals surface area contributed by atoms with Crippen molar-refractivity contribution in [1.29, 1.82) is 0 Å². The summed E-state index contributed by atoms with van der Waals surface area (Å²) in [5, 5.41) is 0. The number of rotatable bonds is 5. The van der Waals surface area contributed by atoms with Crippen molar-refractivity contribution in [3.63, 3.8) is 0 Å². The lowest BCUT2D eigenvalue weighted by Crippen LogP contribution is -2.25. The highest BCUT2D eigenvalue weighted by molar-refractivity contribution is 5.96. The van der Waals surface area contributed by atoms with Gasteiger partial charge in [0.1, 0.15) is 29.0 Å². The van der Waals surface area contributed by atoms with Crippen LogP contribution >= 0.6 is 0 Å². The van der Waals surface area contributed by atoms with E-state index in [1.54, 1.807) is 47.4 Å². The van der Waals surface area contributed by atoms with E-state index < -0.39 is 17.5 Å². The van der Waals surface area contributed by atoms with Crippen molar-refractivity contribution in [2.24, 2.45) is 4.99 Å². The summed E-state index contributed by atoms with van der Waals surface area (Å²) in [7, 11) is 0. The van der Waals surface area contributed by atoms with Crippen LogP contribution in [0.4, 0.5) is 18.9 Å². The van der Waals surface area contributed by atoms with E-state index in [1.807, 2.05) is 13.8 Å². The van der Waals surface area contributed by atoms with Crippen LogP contribution in [-0.4, -0.2) is 12.1 Å². The predicted molar refractivity (Wildman–Crippen MR) is 122 cm³/mol. The number of hydrogen-bond acceptors (Lipinski definition) is 4. The molecule has 3 aromatic rings. The summed E-state index contributed by atoms with van der Waals surface area (Å²) in [5.74, 6) is -1.93. The number of fused-ring (bicyclic) bond motifs is 1. The van der Waals surface area contributed by atoms with Crippen molar-refractivity contribution in [2.45, 2.75) is 27.3 Å². The first kappa shape index (κ1) is 22.3. The van der Waals surface area contributed by atoms with Gasteiger partial charge >= 0.3 is 0 Å². The maximum Gasteiger partial charge on any atom is 0.159 e. The van der Waals surface area contributed by atoms with Gasteiger partial charge in [-0.3, -0.25) is 4.79 Å². The third-order valence-electron chi connectivity index (χ3n) is 5.24. The highest BCUT2D eigenvalue weighted by atomic mass is 19.1. The van der Waals surface area contributed by atoms with Gasteiger partial charge < -0.3 is 9.64 Å². The van der Waals surface area contributed by atoms with Crippen molar-refractivity contribution in [3.05, 3.63) is 94.3 Å². The van der Waals surface area contributed by atoms with E-state index in [0.717, 1.165) is 11.1 Å². The summed E-state index contributed by atoms with van der Waals surface area (Å²) in [6.07, 6.45) is 1.50. The number of Topliss-reactive ketones (excluding diaryl/α,β-unsaturated/α-hetero) is 1. The smallest absolute Gasteiger partial charge is 0.159 e. The third kappa shape index (κ3) is 4.67. The Morgan fingerprint density at radius 2 is 1.64 bits per heavy atom. The van der Waals surface area contributed by atoms with Crippen LogP contribution in [0.1, 0.15) is 42.3 Å². The summed E-state index contributed by atoms with van der Waals surface area (Å²) >= 11 is 0. The fourth-order valence-corrected chi connectivity index (χ4v) is 3.61. The van der Waals surface area contributed by atoms with Crippen LogP contribution in [0.5, 0.6) is 11.5 Å². The van der Waals surface area contributed by atoms with Gasteiger partial charge in [0.15, 0.2) is 5.78 Å². The quantitative estimate of drug-likeness (QED) is 0.397. The van der Waals surface area contributed by atoms with Crippen molar-refractivity contribution in [3.8, 4) is 11.5 Å². The maximum atomic E-state index is 14.2. The van der Waals surface area contributed by atoms with Crippen LogP contribution < -0.4 is 9.64 Å². The Morgan fingerprint density at radius 3 is 2.30 bits per heavy atom. The predicted octanol–water partition coefficient (Wildman–Crippen LogP) is 6.90. The van der Waals surface area contributed by atoms with Crippen molar-refractivity contribution >= 4 is 23.5 Å². The minimum Gasteiger partial charge on any atom is -0.457 e. The summed E-state index contributed by atoms with van der Waals surface area (Å²) in [6.45, 7) is 5.15. The summed E-state index contributed by atoms with van der Waals surface area (Å²) in [5.41, 5.74) is 3.34. The monoisotopic (exact) mass is 450 g/mol. The molecule has 3 aromatic carbocycles. The van der Waals surface area contributed by atoms with Crippen molar-refractivity contribution in [2.75, 3.05) is 4.90 Å². The van der Waals surface area contributed by atoms with Gasteiger partial charge in [-0.05, 0) is 56.7 Å². The molecule has 7 heteroatoms. The zero-order valence-corrected chi connectivity index (χ0v) is 18.3. The Balaban J connectivity index is 1.70. The summed E-state index contributed by atoms with van der Waals surface area (Å²) < 4.78 is 47.7. The number of aliphatic imine (C=N–C) groups is 1. The molecule has 1 aliphatic rings. The number of carbonyl (C=O) groups excluding carboxylic acids is 1. The second kappa shape index (κ2) is 8.94. The summed E-state index contributed by atoms with van der Waals surface area (Å²) in [4.78, 5) is 17.7. The fourth-order valence-electron chi connectivity index (χ4n) is 3.61. The zero-order chi connectivity index (χ0) is 23.7. The van der Waals surface area contributed by atoms with Gasteiger partial charge in [0.25, 0.3) is 0 Å².